The van der Waals surface area contributed by atoms with Crippen LogP contribution < -0.4 is 5.32 Å². The second kappa shape index (κ2) is 7.97. The summed E-state index contributed by atoms with van der Waals surface area (Å²) in [4.78, 5) is 7.62. The van der Waals surface area contributed by atoms with Gasteiger partial charge in [-0.25, -0.2) is 4.98 Å². The van der Waals surface area contributed by atoms with Gasteiger partial charge in [0.05, 0.1) is 11.4 Å². The van der Waals surface area contributed by atoms with Crippen molar-refractivity contribution >= 4 is 21.6 Å². The summed E-state index contributed by atoms with van der Waals surface area (Å²) < 4.78 is 3.37. The Morgan fingerprint density at radius 1 is 0.964 bits per heavy atom. The maximum atomic E-state index is 5.06. The summed E-state index contributed by atoms with van der Waals surface area (Å²) >= 11 is 3.65. The van der Waals surface area contributed by atoms with E-state index in [0.29, 0.717) is 0 Å². The molecule has 0 atom stereocenters. The van der Waals surface area contributed by atoms with Gasteiger partial charge in [-0.1, -0.05) is 12.1 Å². The van der Waals surface area contributed by atoms with Crippen LogP contribution in [0.25, 0.3) is 16.9 Å². The van der Waals surface area contributed by atoms with Crippen LogP contribution in [0.4, 0.5) is 0 Å². The molecule has 146 valence electrons. The van der Waals surface area contributed by atoms with Crippen LogP contribution in [0.3, 0.4) is 0 Å². The molecule has 1 aliphatic carbocycles. The van der Waals surface area contributed by atoms with Crippen LogP contribution in [0, 0.1) is 0 Å². The van der Waals surface area contributed by atoms with Crippen molar-refractivity contribution in [3.63, 3.8) is 0 Å². The minimum absolute atomic E-state index is 0.936. The molecule has 1 fully saturated rings. The molecule has 1 saturated heterocycles. The lowest BCUT2D eigenvalue weighted by Gasteiger charge is -2.20. The fourth-order valence-corrected chi connectivity index (χ4v) is 4.94. The number of aryl methyl sites for hydroxylation is 2. The average Bonchev–Trinajstić information content (AvgIpc) is 2.89. The molecule has 0 amide bonds. The molecule has 1 N–H and O–H groups in total. The maximum Gasteiger partial charge on any atom is 0.137 e. The van der Waals surface area contributed by atoms with E-state index in [9.17, 15) is 0 Å². The van der Waals surface area contributed by atoms with Gasteiger partial charge in [0.15, 0.2) is 0 Å². The lowest BCUT2D eigenvalue weighted by atomic mass is 9.90. The number of fused-ring (bicyclic) bond motifs is 2. The molecular formula is C23H27BrN4. The minimum Gasteiger partial charge on any atom is -0.315 e. The first-order chi connectivity index (χ1) is 13.8. The van der Waals surface area contributed by atoms with Gasteiger partial charge >= 0.3 is 0 Å². The Morgan fingerprint density at radius 2 is 1.86 bits per heavy atom. The molecule has 2 aromatic heterocycles. The average molecular weight is 439 g/mol. The molecule has 0 unspecified atom stereocenters. The first-order valence-corrected chi connectivity index (χ1v) is 11.3. The van der Waals surface area contributed by atoms with Crippen LogP contribution >= 0.6 is 15.9 Å². The number of halogens is 1. The number of nitrogens with one attached hydrogen (secondary N) is 1. The van der Waals surface area contributed by atoms with E-state index in [2.05, 4.69) is 67.1 Å². The smallest absolute Gasteiger partial charge is 0.137 e. The molecule has 3 heterocycles. The Kier molecular flexibility index (Phi) is 5.22. The van der Waals surface area contributed by atoms with Gasteiger partial charge in [0.1, 0.15) is 5.65 Å². The highest BCUT2D eigenvalue weighted by Crippen LogP contribution is 2.31. The summed E-state index contributed by atoms with van der Waals surface area (Å²) in [5, 5.41) is 3.51. The van der Waals surface area contributed by atoms with Crippen molar-refractivity contribution in [2.24, 2.45) is 0 Å². The number of pyridine rings is 1. The number of benzene rings is 1. The highest BCUT2D eigenvalue weighted by atomic mass is 79.9. The van der Waals surface area contributed by atoms with Crippen molar-refractivity contribution in [3.05, 3.63) is 57.8 Å². The molecule has 2 aliphatic rings. The largest absolute Gasteiger partial charge is 0.315 e. The minimum atomic E-state index is 0.936. The Balaban J connectivity index is 1.59. The Labute approximate surface area is 175 Å². The van der Waals surface area contributed by atoms with Crippen molar-refractivity contribution in [3.8, 4) is 11.3 Å². The third-order valence-electron chi connectivity index (χ3n) is 6.11. The maximum absolute atomic E-state index is 5.06. The van der Waals surface area contributed by atoms with E-state index < -0.39 is 0 Å². The van der Waals surface area contributed by atoms with Crippen molar-refractivity contribution in [2.45, 2.75) is 38.6 Å². The van der Waals surface area contributed by atoms with Gasteiger partial charge in [0, 0.05) is 35.9 Å². The van der Waals surface area contributed by atoms with E-state index >= 15 is 0 Å². The summed E-state index contributed by atoms with van der Waals surface area (Å²) in [5.74, 6) is 0. The SMILES string of the molecule is Brc1ccc2nc(-c3ccc4c(c3)CCCC4)c(CN3CCCNCC3)n2c1. The van der Waals surface area contributed by atoms with Crippen molar-refractivity contribution in [1.29, 1.82) is 0 Å². The second-order valence-electron chi connectivity index (χ2n) is 8.05. The fourth-order valence-electron chi connectivity index (χ4n) is 4.60. The number of rotatable bonds is 3. The van der Waals surface area contributed by atoms with E-state index in [1.54, 1.807) is 0 Å². The van der Waals surface area contributed by atoms with E-state index in [1.165, 1.54) is 54.5 Å². The Hall–Kier alpha value is -1.69. The molecule has 5 heteroatoms. The highest BCUT2D eigenvalue weighted by Gasteiger charge is 2.19. The van der Waals surface area contributed by atoms with Gasteiger partial charge in [-0.3, -0.25) is 4.90 Å². The fraction of sp³-hybridized carbons (Fsp3) is 0.435. The van der Waals surface area contributed by atoms with Crippen molar-refractivity contribution in [1.82, 2.24) is 19.6 Å². The molecule has 5 rings (SSSR count). The third-order valence-corrected chi connectivity index (χ3v) is 6.58. The molecule has 0 saturated carbocycles. The van der Waals surface area contributed by atoms with Crippen LogP contribution in [0.15, 0.2) is 41.0 Å². The van der Waals surface area contributed by atoms with Gasteiger partial charge in [-0.15, -0.1) is 0 Å². The van der Waals surface area contributed by atoms with Gasteiger partial charge in [-0.05, 0) is 90.4 Å². The standard InChI is InChI=1S/C23H27BrN4/c24-20-8-9-22-26-23(19-7-6-17-4-1-2-5-18(17)14-19)21(28(22)15-20)16-27-12-3-10-25-11-13-27/h6-9,14-15,25H,1-5,10-13,16H2. The summed E-state index contributed by atoms with van der Waals surface area (Å²) in [6.07, 6.45) is 8.42. The van der Waals surface area contributed by atoms with E-state index in [-0.39, 0.29) is 0 Å². The summed E-state index contributed by atoms with van der Waals surface area (Å²) in [7, 11) is 0. The van der Waals surface area contributed by atoms with E-state index in [1.807, 2.05) is 0 Å². The molecule has 0 radical (unpaired) electrons. The highest BCUT2D eigenvalue weighted by molar-refractivity contribution is 9.10. The zero-order chi connectivity index (χ0) is 18.9. The summed E-state index contributed by atoms with van der Waals surface area (Å²) in [5.41, 5.74) is 7.79. The first-order valence-electron chi connectivity index (χ1n) is 10.5. The lowest BCUT2D eigenvalue weighted by molar-refractivity contribution is 0.281. The van der Waals surface area contributed by atoms with Gasteiger partial charge in [0.25, 0.3) is 0 Å². The topological polar surface area (TPSA) is 32.6 Å². The molecule has 0 spiro atoms. The van der Waals surface area contributed by atoms with Crippen LogP contribution in [0.1, 0.15) is 36.1 Å². The number of aromatic nitrogens is 2. The monoisotopic (exact) mass is 438 g/mol. The number of hydrogen-bond donors (Lipinski definition) is 1. The summed E-state index contributed by atoms with van der Waals surface area (Å²) in [6.45, 7) is 5.34. The van der Waals surface area contributed by atoms with E-state index in [0.717, 1.165) is 48.5 Å². The van der Waals surface area contributed by atoms with Crippen LogP contribution in [-0.4, -0.2) is 40.5 Å². The Morgan fingerprint density at radius 3 is 2.79 bits per heavy atom. The summed E-state index contributed by atoms with van der Waals surface area (Å²) in [6, 6.07) is 11.2. The predicted octanol–water partition coefficient (Wildman–Crippen LogP) is 4.44. The third kappa shape index (κ3) is 3.63. The number of nitrogens with zero attached hydrogens (tertiary/aromatic N) is 3. The zero-order valence-corrected chi connectivity index (χ0v) is 17.8. The molecule has 3 aromatic rings. The quantitative estimate of drug-likeness (QED) is 0.655. The van der Waals surface area contributed by atoms with Crippen molar-refractivity contribution < 1.29 is 0 Å². The second-order valence-corrected chi connectivity index (χ2v) is 8.97. The first kappa shape index (κ1) is 18.3. The molecule has 0 bridgehead atoms. The van der Waals surface area contributed by atoms with Crippen LogP contribution in [0.2, 0.25) is 0 Å². The van der Waals surface area contributed by atoms with Gasteiger partial charge < -0.3 is 9.72 Å². The van der Waals surface area contributed by atoms with Crippen LogP contribution in [-0.2, 0) is 19.4 Å². The molecule has 1 aliphatic heterocycles. The normalized spacial score (nSPS) is 18.2. The molecule has 4 nitrogen and oxygen atoms in total. The molecule has 1 aromatic carbocycles. The van der Waals surface area contributed by atoms with Gasteiger partial charge in [0.2, 0.25) is 0 Å². The predicted molar refractivity (Wildman–Crippen MR) is 118 cm³/mol. The zero-order valence-electron chi connectivity index (χ0n) is 16.3. The molecule has 28 heavy (non-hydrogen) atoms. The van der Waals surface area contributed by atoms with Gasteiger partial charge in [-0.2, -0.15) is 0 Å². The Bertz CT molecular complexity index is 986. The lowest BCUT2D eigenvalue weighted by Crippen LogP contribution is -2.28. The van der Waals surface area contributed by atoms with Crippen molar-refractivity contribution in [2.75, 3.05) is 26.2 Å². The molecular weight excluding hydrogens is 412 g/mol. The number of hydrogen-bond acceptors (Lipinski definition) is 3. The van der Waals surface area contributed by atoms with E-state index in [4.69, 9.17) is 4.98 Å². The number of imidazole rings is 1. The van der Waals surface area contributed by atoms with Crippen LogP contribution in [0.5, 0.6) is 0 Å².